The van der Waals surface area contributed by atoms with Gasteiger partial charge in [-0.05, 0) is 19.1 Å². The lowest BCUT2D eigenvalue weighted by atomic mass is 10.1. The number of para-hydroxylation sites is 1. The highest BCUT2D eigenvalue weighted by atomic mass is 16.5. The van der Waals surface area contributed by atoms with Gasteiger partial charge >= 0.3 is 0 Å². The molecule has 1 saturated heterocycles. The van der Waals surface area contributed by atoms with E-state index >= 15 is 0 Å². The molecule has 7 heteroatoms. The highest BCUT2D eigenvalue weighted by Crippen LogP contribution is 2.26. The second-order valence-corrected chi connectivity index (χ2v) is 7.23. The summed E-state index contributed by atoms with van der Waals surface area (Å²) >= 11 is 0. The molecule has 3 aromatic rings. The van der Waals surface area contributed by atoms with E-state index in [2.05, 4.69) is 14.9 Å². The fraction of sp³-hybridized carbons (Fsp3) is 0.333. The van der Waals surface area contributed by atoms with Crippen molar-refractivity contribution >= 4 is 22.8 Å². The van der Waals surface area contributed by atoms with E-state index in [9.17, 15) is 4.79 Å². The van der Waals surface area contributed by atoms with Crippen LogP contribution in [0.3, 0.4) is 0 Å². The van der Waals surface area contributed by atoms with E-state index in [0.717, 1.165) is 46.9 Å². The minimum absolute atomic E-state index is 0.0189. The van der Waals surface area contributed by atoms with Crippen LogP contribution in [0.25, 0.3) is 10.9 Å². The lowest BCUT2D eigenvalue weighted by molar-refractivity contribution is 0.0752. The number of carbonyl (C=O) groups excluding carboxylic acids is 1. The van der Waals surface area contributed by atoms with Crippen LogP contribution in [0.2, 0.25) is 0 Å². The predicted molar refractivity (Wildman–Crippen MR) is 105 cm³/mol. The molecule has 0 unspecified atom stereocenters. The Bertz CT molecular complexity index is 1060. The summed E-state index contributed by atoms with van der Waals surface area (Å²) in [5.74, 6) is 0.702. The summed E-state index contributed by atoms with van der Waals surface area (Å²) in [6.07, 6.45) is 1.85. The predicted octanol–water partition coefficient (Wildman–Crippen LogP) is 2.33. The highest BCUT2D eigenvalue weighted by Gasteiger charge is 2.28. The number of fused-ring (bicyclic) bond motifs is 2. The lowest BCUT2D eigenvalue weighted by Crippen LogP contribution is -2.37. The number of hydrogen-bond donors (Lipinski definition) is 0. The number of hydrogen-bond acceptors (Lipinski definition) is 6. The molecule has 0 radical (unpaired) electrons. The van der Waals surface area contributed by atoms with Crippen LogP contribution in [0, 0.1) is 6.92 Å². The standard InChI is InChI=1S/C21H21N5O2/c1-14-5-6-15-3-2-4-17(19(15)23-14)20(27)26-12-16-11-22-21(24-18(16)13-26)25-7-9-28-10-8-25/h2-6,11H,7-10,12-13H2,1H3. The molecular weight excluding hydrogens is 354 g/mol. The zero-order valence-electron chi connectivity index (χ0n) is 15.8. The summed E-state index contributed by atoms with van der Waals surface area (Å²) in [6.45, 7) is 5.94. The largest absolute Gasteiger partial charge is 0.378 e. The quantitative estimate of drug-likeness (QED) is 0.685. The van der Waals surface area contributed by atoms with Gasteiger partial charge in [0.15, 0.2) is 0 Å². The first-order chi connectivity index (χ1) is 13.7. The van der Waals surface area contributed by atoms with Gasteiger partial charge in [-0.2, -0.15) is 0 Å². The Morgan fingerprint density at radius 1 is 1.07 bits per heavy atom. The van der Waals surface area contributed by atoms with E-state index in [0.29, 0.717) is 31.9 Å². The van der Waals surface area contributed by atoms with Crippen LogP contribution in [0.4, 0.5) is 5.95 Å². The van der Waals surface area contributed by atoms with Crippen LogP contribution in [0.1, 0.15) is 27.3 Å². The van der Waals surface area contributed by atoms with E-state index in [1.165, 1.54) is 0 Å². The van der Waals surface area contributed by atoms with Crippen molar-refractivity contribution < 1.29 is 9.53 Å². The van der Waals surface area contributed by atoms with Crippen molar-refractivity contribution in [3.8, 4) is 0 Å². The fourth-order valence-electron chi connectivity index (χ4n) is 3.79. The van der Waals surface area contributed by atoms with Crippen LogP contribution < -0.4 is 4.90 Å². The molecule has 5 rings (SSSR count). The molecule has 0 spiro atoms. The Labute approximate surface area is 163 Å². The SMILES string of the molecule is Cc1ccc2cccc(C(=O)N3Cc4cnc(N5CCOCC5)nc4C3)c2n1. The van der Waals surface area contributed by atoms with Crippen LogP contribution in [0.5, 0.6) is 0 Å². The number of aromatic nitrogens is 3. The van der Waals surface area contributed by atoms with Gasteiger partial charge in [0.1, 0.15) is 0 Å². The number of aryl methyl sites for hydroxylation is 1. The van der Waals surface area contributed by atoms with Crippen molar-refractivity contribution in [2.24, 2.45) is 0 Å². The number of carbonyl (C=O) groups is 1. The monoisotopic (exact) mass is 375 g/mol. The number of benzene rings is 1. The third-order valence-corrected chi connectivity index (χ3v) is 5.31. The number of nitrogens with zero attached hydrogens (tertiary/aromatic N) is 5. The Kier molecular flexibility index (Phi) is 4.16. The van der Waals surface area contributed by atoms with E-state index in [-0.39, 0.29) is 5.91 Å². The van der Waals surface area contributed by atoms with Crippen molar-refractivity contribution in [3.63, 3.8) is 0 Å². The van der Waals surface area contributed by atoms with Crippen molar-refractivity contribution in [3.05, 3.63) is 59.0 Å². The minimum Gasteiger partial charge on any atom is -0.378 e. The molecule has 0 atom stereocenters. The summed E-state index contributed by atoms with van der Waals surface area (Å²) in [6, 6.07) is 9.72. The second-order valence-electron chi connectivity index (χ2n) is 7.23. The van der Waals surface area contributed by atoms with E-state index in [1.807, 2.05) is 48.4 Å². The first-order valence-electron chi connectivity index (χ1n) is 9.52. The summed E-state index contributed by atoms with van der Waals surface area (Å²) in [5, 5.41) is 0.975. The second kappa shape index (κ2) is 6.83. The van der Waals surface area contributed by atoms with Gasteiger partial charge in [0.05, 0.1) is 36.5 Å². The number of anilines is 1. The zero-order chi connectivity index (χ0) is 19.1. The molecule has 1 fully saturated rings. The maximum atomic E-state index is 13.2. The van der Waals surface area contributed by atoms with Crippen molar-refractivity contribution in [1.82, 2.24) is 19.9 Å². The molecule has 2 aliphatic heterocycles. The lowest BCUT2D eigenvalue weighted by Gasteiger charge is -2.26. The molecule has 142 valence electrons. The summed E-state index contributed by atoms with van der Waals surface area (Å²) in [7, 11) is 0. The van der Waals surface area contributed by atoms with Crippen molar-refractivity contribution in [1.29, 1.82) is 0 Å². The van der Waals surface area contributed by atoms with Crippen LogP contribution in [-0.4, -0.2) is 52.1 Å². The zero-order valence-corrected chi connectivity index (χ0v) is 15.8. The third-order valence-electron chi connectivity index (χ3n) is 5.31. The van der Waals surface area contributed by atoms with E-state index in [1.54, 1.807) is 0 Å². The number of amides is 1. The normalized spacial score (nSPS) is 16.5. The molecule has 1 amide bonds. The Balaban J connectivity index is 1.42. The Morgan fingerprint density at radius 3 is 2.79 bits per heavy atom. The molecule has 0 aliphatic carbocycles. The Morgan fingerprint density at radius 2 is 1.93 bits per heavy atom. The molecule has 0 saturated carbocycles. The van der Waals surface area contributed by atoms with Gasteiger partial charge in [0, 0.05) is 42.5 Å². The fourth-order valence-corrected chi connectivity index (χ4v) is 3.79. The van der Waals surface area contributed by atoms with Crippen molar-refractivity contribution in [2.45, 2.75) is 20.0 Å². The van der Waals surface area contributed by atoms with E-state index in [4.69, 9.17) is 9.72 Å². The number of pyridine rings is 1. The van der Waals surface area contributed by atoms with Crippen LogP contribution in [-0.2, 0) is 17.8 Å². The average molecular weight is 375 g/mol. The maximum Gasteiger partial charge on any atom is 0.256 e. The third kappa shape index (κ3) is 2.97. The van der Waals surface area contributed by atoms with Gasteiger partial charge in [-0.1, -0.05) is 18.2 Å². The van der Waals surface area contributed by atoms with E-state index < -0.39 is 0 Å². The summed E-state index contributed by atoms with van der Waals surface area (Å²) < 4.78 is 5.40. The topological polar surface area (TPSA) is 71.5 Å². The molecule has 4 heterocycles. The summed E-state index contributed by atoms with van der Waals surface area (Å²) in [5.41, 5.74) is 4.22. The molecule has 0 N–H and O–H groups in total. The first-order valence-corrected chi connectivity index (χ1v) is 9.52. The molecule has 28 heavy (non-hydrogen) atoms. The molecular formula is C21H21N5O2. The van der Waals surface area contributed by atoms with Gasteiger partial charge in [0.2, 0.25) is 5.95 Å². The average Bonchev–Trinajstić information content (AvgIpc) is 3.17. The van der Waals surface area contributed by atoms with Gasteiger partial charge in [-0.25, -0.2) is 9.97 Å². The highest BCUT2D eigenvalue weighted by molar-refractivity contribution is 6.05. The molecule has 0 bridgehead atoms. The number of morpholine rings is 1. The van der Waals surface area contributed by atoms with Gasteiger partial charge < -0.3 is 14.5 Å². The maximum absolute atomic E-state index is 13.2. The molecule has 2 aromatic heterocycles. The molecule has 1 aromatic carbocycles. The Hall–Kier alpha value is -3.06. The van der Waals surface area contributed by atoms with Crippen LogP contribution >= 0.6 is 0 Å². The van der Waals surface area contributed by atoms with Gasteiger partial charge in [-0.3, -0.25) is 9.78 Å². The summed E-state index contributed by atoms with van der Waals surface area (Å²) in [4.78, 5) is 31.0. The van der Waals surface area contributed by atoms with Crippen molar-refractivity contribution in [2.75, 3.05) is 31.2 Å². The number of rotatable bonds is 2. The van der Waals surface area contributed by atoms with Crippen LogP contribution in [0.15, 0.2) is 36.5 Å². The van der Waals surface area contributed by atoms with Gasteiger partial charge in [-0.15, -0.1) is 0 Å². The number of ether oxygens (including phenoxy) is 1. The minimum atomic E-state index is -0.0189. The van der Waals surface area contributed by atoms with Gasteiger partial charge in [0.25, 0.3) is 5.91 Å². The molecule has 2 aliphatic rings. The molecule has 7 nitrogen and oxygen atoms in total. The smallest absolute Gasteiger partial charge is 0.256 e. The first kappa shape index (κ1) is 17.1.